The molecule has 0 amide bonds. The Kier molecular flexibility index (Phi) is 5.58. The molecule has 0 saturated carbocycles. The molecule has 1 aliphatic rings. The summed E-state index contributed by atoms with van der Waals surface area (Å²) in [6.07, 6.45) is 11.4. The molecule has 0 aliphatic carbocycles. The number of piperidine rings is 1. The van der Waals surface area contributed by atoms with Crippen molar-refractivity contribution >= 4 is 22.9 Å². The number of aromatic amines is 1. The van der Waals surface area contributed by atoms with Gasteiger partial charge >= 0.3 is 0 Å². The summed E-state index contributed by atoms with van der Waals surface area (Å²) in [7, 11) is 0. The van der Waals surface area contributed by atoms with Crippen LogP contribution in [0.1, 0.15) is 24.0 Å². The van der Waals surface area contributed by atoms with Crippen LogP contribution in [0.5, 0.6) is 0 Å². The molecular weight excluding hydrogens is 360 g/mol. The molecule has 148 valence electrons. The fraction of sp³-hybridized carbons (Fsp3) is 0.250. The number of hydrogen-bond acceptors (Lipinski definition) is 3. The minimum absolute atomic E-state index is 0.245. The van der Waals surface area contributed by atoms with Crippen molar-refractivity contribution < 1.29 is 5.11 Å². The van der Waals surface area contributed by atoms with Gasteiger partial charge in [-0.25, -0.2) is 4.98 Å². The highest BCUT2D eigenvalue weighted by Crippen LogP contribution is 2.27. The van der Waals surface area contributed by atoms with Crippen molar-refractivity contribution in [1.29, 1.82) is 5.41 Å². The van der Waals surface area contributed by atoms with Crippen LogP contribution in [0.15, 0.2) is 61.5 Å². The number of nitrogens with zero attached hydrogens (tertiary/aromatic N) is 2. The van der Waals surface area contributed by atoms with E-state index < -0.39 is 0 Å². The molecule has 3 heterocycles. The monoisotopic (exact) mass is 386 g/mol. The molecule has 4 rings (SSSR count). The summed E-state index contributed by atoms with van der Waals surface area (Å²) in [6.45, 7) is 5.62. The van der Waals surface area contributed by atoms with E-state index in [9.17, 15) is 5.11 Å². The summed E-state index contributed by atoms with van der Waals surface area (Å²) in [5.74, 6) is 0.919. The molecular formula is C24H26N4O. The van der Waals surface area contributed by atoms with E-state index in [1.807, 2.05) is 36.7 Å². The lowest BCUT2D eigenvalue weighted by Crippen LogP contribution is -2.39. The van der Waals surface area contributed by atoms with E-state index in [0.29, 0.717) is 11.8 Å². The maximum Gasteiger partial charge on any atom is 0.137 e. The molecule has 0 radical (unpaired) electrons. The lowest BCUT2D eigenvalue weighted by molar-refractivity contribution is 0.166. The number of rotatable bonds is 5. The predicted octanol–water partition coefficient (Wildman–Crippen LogP) is 4.46. The molecule has 3 N–H and O–H groups in total. The normalized spacial score (nSPS) is 15.3. The Morgan fingerprint density at radius 3 is 2.86 bits per heavy atom. The van der Waals surface area contributed by atoms with Crippen molar-refractivity contribution in [3.63, 3.8) is 0 Å². The number of likely N-dealkylation sites (tertiary alicyclic amines) is 1. The van der Waals surface area contributed by atoms with Crippen LogP contribution in [-0.2, 0) is 0 Å². The predicted molar refractivity (Wildman–Crippen MR) is 119 cm³/mol. The van der Waals surface area contributed by atoms with Crippen molar-refractivity contribution in [2.75, 3.05) is 19.7 Å². The van der Waals surface area contributed by atoms with Gasteiger partial charge in [-0.15, -0.1) is 0 Å². The zero-order valence-electron chi connectivity index (χ0n) is 16.4. The first-order valence-corrected chi connectivity index (χ1v) is 10.0. The zero-order valence-corrected chi connectivity index (χ0v) is 16.4. The molecule has 2 aromatic heterocycles. The second kappa shape index (κ2) is 8.45. The number of H-pyrrole nitrogens is 1. The quantitative estimate of drug-likeness (QED) is 0.344. The smallest absolute Gasteiger partial charge is 0.137 e. The summed E-state index contributed by atoms with van der Waals surface area (Å²) >= 11 is 0. The first kappa shape index (κ1) is 19.2. The summed E-state index contributed by atoms with van der Waals surface area (Å²) in [6, 6.07) is 10.2. The molecule has 29 heavy (non-hydrogen) atoms. The van der Waals surface area contributed by atoms with E-state index in [1.54, 1.807) is 6.08 Å². The lowest BCUT2D eigenvalue weighted by atomic mass is 9.96. The Morgan fingerprint density at radius 2 is 2.10 bits per heavy atom. The Hall–Kier alpha value is -3.18. The third-order valence-corrected chi connectivity index (χ3v) is 5.63. The lowest BCUT2D eigenvalue weighted by Gasteiger charge is -2.33. The summed E-state index contributed by atoms with van der Waals surface area (Å²) < 4.78 is 0. The number of aliphatic hydroxyl groups excluding tert-OH is 1. The molecule has 1 saturated heterocycles. The van der Waals surface area contributed by atoms with E-state index in [-0.39, 0.29) is 6.61 Å². The molecule has 5 heteroatoms. The SMILES string of the molecule is C=C/C=C/c1c[nH]c2ncc(-c3cccc(C(=N)N4CCC(CO)CC4)c3)cc12. The summed E-state index contributed by atoms with van der Waals surface area (Å²) in [4.78, 5) is 9.87. The number of aliphatic hydroxyl groups is 1. The molecule has 1 aromatic carbocycles. The molecule has 1 aliphatic heterocycles. The van der Waals surface area contributed by atoms with Gasteiger partial charge in [-0.2, -0.15) is 0 Å². The second-order valence-corrected chi connectivity index (χ2v) is 7.50. The van der Waals surface area contributed by atoms with Crippen LogP contribution in [0, 0.1) is 11.3 Å². The number of allylic oxidation sites excluding steroid dienone is 2. The standard InChI is InChI=1S/C24H26N4O/c1-2-3-5-20-14-26-24-22(20)13-21(15-27-24)18-6-4-7-19(12-18)23(25)28-10-8-17(16-29)9-11-28/h2-7,12-15,17,25,29H,1,8-11,16H2,(H,26,27)/b5-3+,25-23?. The van der Waals surface area contributed by atoms with Gasteiger partial charge in [-0.1, -0.05) is 43.0 Å². The Balaban J connectivity index is 1.61. The van der Waals surface area contributed by atoms with E-state index in [0.717, 1.165) is 59.2 Å². The van der Waals surface area contributed by atoms with Gasteiger partial charge in [0.1, 0.15) is 11.5 Å². The van der Waals surface area contributed by atoms with Crippen molar-refractivity contribution in [3.05, 3.63) is 72.6 Å². The maximum atomic E-state index is 9.33. The van der Waals surface area contributed by atoms with Crippen LogP contribution >= 0.6 is 0 Å². The first-order chi connectivity index (χ1) is 14.2. The number of benzene rings is 1. The van der Waals surface area contributed by atoms with Gasteiger partial charge in [-0.05, 0) is 36.5 Å². The maximum absolute atomic E-state index is 9.33. The number of amidine groups is 1. The van der Waals surface area contributed by atoms with E-state index >= 15 is 0 Å². The third-order valence-electron chi connectivity index (χ3n) is 5.63. The molecule has 3 aromatic rings. The second-order valence-electron chi connectivity index (χ2n) is 7.50. The molecule has 0 unspecified atom stereocenters. The minimum Gasteiger partial charge on any atom is -0.396 e. The Morgan fingerprint density at radius 1 is 1.28 bits per heavy atom. The number of nitrogens with one attached hydrogen (secondary N) is 2. The average Bonchev–Trinajstić information content (AvgIpc) is 3.19. The molecule has 0 spiro atoms. The van der Waals surface area contributed by atoms with Gasteiger partial charge in [-0.3, -0.25) is 5.41 Å². The first-order valence-electron chi connectivity index (χ1n) is 10.0. The van der Waals surface area contributed by atoms with Crippen molar-refractivity contribution in [1.82, 2.24) is 14.9 Å². The highest BCUT2D eigenvalue weighted by Gasteiger charge is 2.21. The molecule has 1 fully saturated rings. The van der Waals surface area contributed by atoms with E-state index in [1.165, 1.54) is 0 Å². The van der Waals surface area contributed by atoms with E-state index in [4.69, 9.17) is 5.41 Å². The van der Waals surface area contributed by atoms with Gasteiger partial charge in [0.2, 0.25) is 0 Å². The van der Waals surface area contributed by atoms with Crippen molar-refractivity contribution in [3.8, 4) is 11.1 Å². The molecule has 0 bridgehead atoms. The fourth-order valence-electron chi connectivity index (χ4n) is 3.86. The van der Waals surface area contributed by atoms with Crippen LogP contribution in [0.2, 0.25) is 0 Å². The van der Waals surface area contributed by atoms with Gasteiger partial charge in [0.25, 0.3) is 0 Å². The number of aromatic nitrogens is 2. The topological polar surface area (TPSA) is 76.0 Å². The van der Waals surface area contributed by atoms with Crippen LogP contribution < -0.4 is 0 Å². The highest BCUT2D eigenvalue weighted by molar-refractivity contribution is 5.98. The van der Waals surface area contributed by atoms with Gasteiger partial charge in [0.05, 0.1) is 0 Å². The Labute approximate surface area is 170 Å². The van der Waals surface area contributed by atoms with Crippen LogP contribution in [0.4, 0.5) is 0 Å². The Bertz CT molecular complexity index is 1060. The van der Waals surface area contributed by atoms with E-state index in [2.05, 4.69) is 39.6 Å². The molecule has 0 atom stereocenters. The van der Waals surface area contributed by atoms with Crippen molar-refractivity contribution in [2.24, 2.45) is 5.92 Å². The molecule has 5 nitrogen and oxygen atoms in total. The van der Waals surface area contributed by atoms with Crippen LogP contribution in [0.3, 0.4) is 0 Å². The number of pyridine rings is 1. The van der Waals surface area contributed by atoms with Gasteiger partial charge < -0.3 is 15.0 Å². The summed E-state index contributed by atoms with van der Waals surface area (Å²) in [5, 5.41) is 19.0. The van der Waals surface area contributed by atoms with Gasteiger partial charge in [0, 0.05) is 54.2 Å². The van der Waals surface area contributed by atoms with Gasteiger partial charge in [0.15, 0.2) is 0 Å². The number of hydrogen-bond donors (Lipinski definition) is 3. The minimum atomic E-state index is 0.245. The van der Waals surface area contributed by atoms with Crippen LogP contribution in [-0.4, -0.2) is 45.5 Å². The average molecular weight is 386 g/mol. The fourth-order valence-corrected chi connectivity index (χ4v) is 3.86. The third kappa shape index (κ3) is 4.00. The van der Waals surface area contributed by atoms with Crippen molar-refractivity contribution in [2.45, 2.75) is 12.8 Å². The highest BCUT2D eigenvalue weighted by atomic mass is 16.3. The number of fused-ring (bicyclic) bond motifs is 1. The largest absolute Gasteiger partial charge is 0.396 e. The van der Waals surface area contributed by atoms with Crippen LogP contribution in [0.25, 0.3) is 28.2 Å². The summed E-state index contributed by atoms with van der Waals surface area (Å²) in [5.41, 5.74) is 4.91. The zero-order chi connectivity index (χ0) is 20.2.